The fraction of sp³-hybridized carbons (Fsp3) is 0.723. The van der Waals surface area contributed by atoms with Gasteiger partial charge in [0.25, 0.3) is 0 Å². The van der Waals surface area contributed by atoms with Crippen LogP contribution < -0.4 is 5.32 Å². The van der Waals surface area contributed by atoms with Crippen molar-refractivity contribution in [2.24, 2.45) is 87.3 Å². The van der Waals surface area contributed by atoms with Gasteiger partial charge in [-0.15, -0.1) is 0 Å². The summed E-state index contributed by atoms with van der Waals surface area (Å²) in [7, 11) is 1.94. The van der Waals surface area contributed by atoms with Crippen molar-refractivity contribution in [3.63, 3.8) is 0 Å². The van der Waals surface area contributed by atoms with Crippen LogP contribution in [0.5, 0.6) is 0 Å². The molecule has 10 heteroatoms. The summed E-state index contributed by atoms with van der Waals surface area (Å²) in [5.41, 5.74) is -3.77. The summed E-state index contributed by atoms with van der Waals surface area (Å²) < 4.78 is 13.7. The first-order chi connectivity index (χ1) is 36.3. The molecule has 2 aromatic carbocycles. The standard InChI is InChI=1S/C65H83NO9/c1-37(38-11-6-7-12-38)41-18-21-51-59-62(46(23-26-74-59)28-44-27-42(19-20-50(44)62)39-13-4-3-5-14-39)35-61(36-68)54-22-25-60-24-9-8-15-40-16-10-17-43(34-67)47(40)31-53(66-2)48-29-45(56(60)49-32-55(69)75-57(48)49)33-63(60,71)65(54,73)58(70)52(30-41)64(51,61)72/h3-5,10,13-14,16-17,32,36-38,41-42,44-46,48,50-54,56-59,66-67,70-73H,6-7,9,11-12,18-31,33-35H2,1-2H3/t37-,41-,42+,44+,45-,46-,48+,50+,51+,52+,53+,54+,56+,57-,58-,59+,60+,61-,62+,63+,64+,65+/m0/s1. The number of rotatable bonds is 6. The van der Waals surface area contributed by atoms with Gasteiger partial charge in [-0.2, -0.15) is 0 Å². The van der Waals surface area contributed by atoms with E-state index in [0.717, 1.165) is 67.1 Å². The first-order valence-electron chi connectivity index (χ1n) is 30.1. The number of carbonyl (C=O) groups excluding carboxylic acids is 2. The Hall–Kier alpha value is -3.40. The highest BCUT2D eigenvalue weighted by molar-refractivity contribution is 5.86. The molecule has 0 radical (unpaired) electrons. The van der Waals surface area contributed by atoms with Crippen LogP contribution in [0.25, 0.3) is 0 Å². The van der Waals surface area contributed by atoms with Crippen LogP contribution in [-0.4, -0.2) is 92.6 Å². The quantitative estimate of drug-likeness (QED) is 0.0941. The van der Waals surface area contributed by atoms with E-state index in [1.54, 1.807) is 6.08 Å². The van der Waals surface area contributed by atoms with Gasteiger partial charge in [-0.1, -0.05) is 86.9 Å². The maximum absolute atomic E-state index is 15.5. The van der Waals surface area contributed by atoms with E-state index in [1.807, 2.05) is 25.2 Å². The minimum atomic E-state index is -2.18. The molecule has 2 aromatic rings. The Morgan fingerprint density at radius 3 is 2.45 bits per heavy atom. The van der Waals surface area contributed by atoms with E-state index in [2.05, 4.69) is 54.4 Å². The molecule has 15 rings (SSSR count). The first-order valence-corrected chi connectivity index (χ1v) is 30.1. The number of nitrogens with one attached hydrogen (secondary N) is 1. The molecule has 9 saturated carbocycles. The van der Waals surface area contributed by atoms with Crippen LogP contribution in [0.3, 0.4) is 0 Å². The summed E-state index contributed by atoms with van der Waals surface area (Å²) in [6, 6.07) is 16.7. The van der Waals surface area contributed by atoms with Gasteiger partial charge in [-0.3, -0.25) is 0 Å². The number of fused-ring (bicyclic) bond motifs is 8. The Balaban J connectivity index is 0.941. The van der Waals surface area contributed by atoms with Gasteiger partial charge in [-0.25, -0.2) is 4.79 Å². The second kappa shape index (κ2) is 17.8. The number of aldehydes is 1. The monoisotopic (exact) mass is 1020 g/mol. The van der Waals surface area contributed by atoms with Crippen molar-refractivity contribution in [3.05, 3.63) is 82.4 Å². The number of aliphatic hydroxyl groups excluding tert-OH is 2. The van der Waals surface area contributed by atoms with E-state index < -0.39 is 63.0 Å². The molecular formula is C65H83NO9. The molecule has 22 atom stereocenters. The molecular weight excluding hydrogens is 939 g/mol. The summed E-state index contributed by atoms with van der Waals surface area (Å²) in [6.07, 6.45) is 15.8. The number of esters is 1. The molecule has 2 spiro atoms. The minimum absolute atomic E-state index is 0.122. The second-order valence-corrected chi connectivity index (χ2v) is 27.5. The lowest BCUT2D eigenvalue weighted by molar-refractivity contribution is -0.392. The molecule has 402 valence electrons. The molecule has 10 nitrogen and oxygen atoms in total. The molecule has 1 saturated heterocycles. The summed E-state index contributed by atoms with van der Waals surface area (Å²) in [4.78, 5) is 29.4. The molecule has 2 heterocycles. The third kappa shape index (κ3) is 6.47. The predicted molar refractivity (Wildman–Crippen MR) is 282 cm³/mol. The molecule has 0 aromatic heterocycles. The fourth-order valence-electron chi connectivity index (χ4n) is 23.0. The minimum Gasteiger partial charge on any atom is -0.454 e. The largest absolute Gasteiger partial charge is 0.454 e. The Kier molecular flexibility index (Phi) is 11.8. The highest BCUT2D eigenvalue weighted by atomic mass is 16.5. The van der Waals surface area contributed by atoms with Crippen LogP contribution in [0, 0.1) is 99.1 Å². The lowest BCUT2D eigenvalue weighted by Gasteiger charge is -2.76. The first kappa shape index (κ1) is 49.9. The number of hydrogen-bond donors (Lipinski definition) is 6. The van der Waals surface area contributed by atoms with Crippen LogP contribution in [0.2, 0.25) is 0 Å². The molecule has 13 aliphatic rings. The number of aliphatic hydroxyl groups is 5. The Morgan fingerprint density at radius 1 is 0.853 bits per heavy atom. The molecule has 2 aliphatic heterocycles. The lowest BCUT2D eigenvalue weighted by Crippen LogP contribution is -2.87. The molecule has 10 fully saturated rings. The third-order valence-corrected chi connectivity index (χ3v) is 25.8. The van der Waals surface area contributed by atoms with Gasteiger partial charge < -0.3 is 45.1 Å². The summed E-state index contributed by atoms with van der Waals surface area (Å²) >= 11 is 0. The van der Waals surface area contributed by atoms with Crippen molar-refractivity contribution in [1.29, 1.82) is 0 Å². The molecule has 4 bridgehead atoms. The molecule has 0 unspecified atom stereocenters. The normalized spacial score (nSPS) is 49.6. The number of benzene rings is 2. The zero-order valence-electron chi connectivity index (χ0n) is 44.5. The maximum atomic E-state index is 15.5. The van der Waals surface area contributed by atoms with Gasteiger partial charge in [0.15, 0.2) is 0 Å². The van der Waals surface area contributed by atoms with E-state index >= 15 is 4.79 Å². The molecule has 6 N–H and O–H groups in total. The highest BCUT2D eigenvalue weighted by Gasteiger charge is 2.88. The summed E-state index contributed by atoms with van der Waals surface area (Å²) in [6.45, 7) is 2.90. The molecule has 0 amide bonds. The van der Waals surface area contributed by atoms with Crippen molar-refractivity contribution in [2.75, 3.05) is 13.7 Å². The number of carbonyl (C=O) groups is 2. The van der Waals surface area contributed by atoms with Gasteiger partial charge in [0.05, 0.1) is 29.8 Å². The fourth-order valence-corrected chi connectivity index (χ4v) is 23.0. The SMILES string of the molecule is CN[C@@H]1Cc2c(cccc2CO)C#CCC[C@]23CC[C@H]4[C@@](O)([C@@H](O)[C@H]5C[C@@H]([C@@H](C)C6CCCC6)CC[C@@H]6[C@H]7OCC[C@H]8C[C@H]9C[C@H](c%10ccccc%10)CC[C@H]9[C@@]87C[C@@]4(C=O)[C@@]65O)[C@@]2(O)C[C@@H]2C[C@H]1[C@@H]1OC(=O)C=C1[C@@H]23. The number of hydrogen-bond acceptors (Lipinski definition) is 10. The number of likely N-dealkylation sites (N-methyl/N-ethyl adjacent to an activating group) is 1. The van der Waals surface area contributed by atoms with Crippen molar-refractivity contribution in [1.82, 2.24) is 5.32 Å². The molecule has 11 aliphatic carbocycles. The van der Waals surface area contributed by atoms with E-state index in [9.17, 15) is 30.3 Å². The van der Waals surface area contributed by atoms with Crippen molar-refractivity contribution in [2.45, 2.75) is 189 Å². The zero-order valence-corrected chi connectivity index (χ0v) is 44.5. The summed E-state index contributed by atoms with van der Waals surface area (Å²) in [5, 5.41) is 72.8. The smallest absolute Gasteiger partial charge is 0.331 e. The van der Waals surface area contributed by atoms with E-state index in [-0.39, 0.29) is 54.8 Å². The average molecular weight is 1020 g/mol. The van der Waals surface area contributed by atoms with Crippen molar-refractivity contribution in [3.8, 4) is 11.8 Å². The Bertz CT molecular complexity index is 2690. The van der Waals surface area contributed by atoms with Crippen LogP contribution in [0.15, 0.2) is 60.2 Å². The highest BCUT2D eigenvalue weighted by Crippen LogP contribution is 2.81. The van der Waals surface area contributed by atoms with E-state index in [0.29, 0.717) is 99.9 Å². The van der Waals surface area contributed by atoms with Crippen LogP contribution in [0.4, 0.5) is 0 Å². The third-order valence-electron chi connectivity index (χ3n) is 25.8. The van der Waals surface area contributed by atoms with Gasteiger partial charge in [0, 0.05) is 65.2 Å². The zero-order chi connectivity index (χ0) is 51.4. The van der Waals surface area contributed by atoms with Crippen LogP contribution in [0.1, 0.15) is 157 Å². The van der Waals surface area contributed by atoms with Gasteiger partial charge in [-0.05, 0) is 185 Å². The topological polar surface area (TPSA) is 166 Å². The summed E-state index contributed by atoms with van der Waals surface area (Å²) in [5.74, 6) is 6.24. The van der Waals surface area contributed by atoms with Crippen LogP contribution in [-0.2, 0) is 32.1 Å². The Labute approximate surface area is 444 Å². The second-order valence-electron chi connectivity index (χ2n) is 27.5. The van der Waals surface area contributed by atoms with E-state index in [4.69, 9.17) is 9.47 Å². The Morgan fingerprint density at radius 2 is 1.67 bits per heavy atom. The van der Waals surface area contributed by atoms with Crippen LogP contribution >= 0.6 is 0 Å². The van der Waals surface area contributed by atoms with Gasteiger partial charge in [0.2, 0.25) is 0 Å². The predicted octanol–water partition coefficient (Wildman–Crippen LogP) is 8.37. The lowest BCUT2D eigenvalue weighted by atomic mass is 9.31. The van der Waals surface area contributed by atoms with Crippen molar-refractivity contribution >= 4 is 12.3 Å². The van der Waals surface area contributed by atoms with Gasteiger partial charge >= 0.3 is 5.97 Å². The number of ether oxygens (including phenoxy) is 2. The van der Waals surface area contributed by atoms with Gasteiger partial charge in [0.1, 0.15) is 23.6 Å². The van der Waals surface area contributed by atoms with E-state index in [1.165, 1.54) is 31.2 Å². The average Bonchev–Trinajstić information content (AvgIpc) is 4.22. The maximum Gasteiger partial charge on any atom is 0.331 e. The van der Waals surface area contributed by atoms with Crippen molar-refractivity contribution < 1.29 is 44.6 Å². The molecule has 75 heavy (non-hydrogen) atoms.